The maximum Gasteiger partial charge on any atom is 0.220 e. The second-order valence-electron chi connectivity index (χ2n) is 4.84. The molecule has 0 spiro atoms. The fourth-order valence-electron chi connectivity index (χ4n) is 2.27. The Kier molecular flexibility index (Phi) is 4.68. The second-order valence-corrected chi connectivity index (χ2v) is 5.82. The lowest BCUT2D eigenvalue weighted by Crippen LogP contribution is -2.04. The minimum absolute atomic E-state index is 0.228. The predicted octanol–water partition coefficient (Wildman–Crippen LogP) is 3.25. The number of aromatic nitrogens is 3. The van der Waals surface area contributed by atoms with Crippen molar-refractivity contribution in [1.82, 2.24) is 15.0 Å². The fourth-order valence-corrected chi connectivity index (χ4v) is 2.71. The Hall–Kier alpha value is -2.25. The van der Waals surface area contributed by atoms with Crippen molar-refractivity contribution in [3.8, 4) is 11.3 Å². The van der Waals surface area contributed by atoms with Crippen LogP contribution in [0.25, 0.3) is 22.3 Å². The van der Waals surface area contributed by atoms with E-state index in [0.717, 1.165) is 22.7 Å². The van der Waals surface area contributed by atoms with Crippen LogP contribution < -0.4 is 5.73 Å². The van der Waals surface area contributed by atoms with Crippen molar-refractivity contribution in [2.24, 2.45) is 0 Å². The van der Waals surface area contributed by atoms with E-state index in [4.69, 9.17) is 9.92 Å². The first-order chi connectivity index (χ1) is 11.2. The zero-order valence-electron chi connectivity index (χ0n) is 12.5. The summed E-state index contributed by atoms with van der Waals surface area (Å²) in [7, 11) is 1.63. The van der Waals surface area contributed by atoms with Gasteiger partial charge in [0.25, 0.3) is 0 Å². The van der Waals surface area contributed by atoms with Gasteiger partial charge in [-0.25, -0.2) is 19.3 Å². The Morgan fingerprint density at radius 1 is 1.09 bits per heavy atom. The summed E-state index contributed by atoms with van der Waals surface area (Å²) in [5, 5.41) is 0. The number of benzene rings is 1. The lowest BCUT2D eigenvalue weighted by Gasteiger charge is -2.08. The summed E-state index contributed by atoms with van der Waals surface area (Å²) in [6.45, 7) is 0. The van der Waals surface area contributed by atoms with E-state index < -0.39 is 0 Å². The van der Waals surface area contributed by atoms with E-state index in [-0.39, 0.29) is 11.8 Å². The summed E-state index contributed by atoms with van der Waals surface area (Å²) in [5.74, 6) is 0.694. The smallest absolute Gasteiger partial charge is 0.220 e. The highest BCUT2D eigenvalue weighted by Gasteiger charge is 2.10. The standard InChI is InChI=1S/C16H15FN4OS/c1-22-23-9-8-14-15-13(20-16(18)21-14)7-6-12(19-15)10-2-4-11(17)5-3-10/h2-7H,8-9H2,1H3,(H2,18,20,21). The van der Waals surface area contributed by atoms with Gasteiger partial charge in [0.2, 0.25) is 5.95 Å². The third-order valence-electron chi connectivity index (χ3n) is 3.31. The minimum Gasteiger partial charge on any atom is -0.368 e. The molecule has 0 saturated heterocycles. The Balaban J connectivity index is 2.04. The molecule has 3 aromatic rings. The summed E-state index contributed by atoms with van der Waals surface area (Å²) in [5.41, 5.74) is 9.52. The van der Waals surface area contributed by atoms with Gasteiger partial charge in [-0.05, 0) is 48.4 Å². The molecule has 118 valence electrons. The molecule has 0 aliphatic heterocycles. The lowest BCUT2D eigenvalue weighted by molar-refractivity contribution is 0.489. The molecule has 0 unspecified atom stereocenters. The maximum absolute atomic E-state index is 13.1. The molecule has 1 aromatic carbocycles. The van der Waals surface area contributed by atoms with Crippen molar-refractivity contribution < 1.29 is 8.57 Å². The number of fused-ring (bicyclic) bond motifs is 1. The average molecular weight is 330 g/mol. The maximum atomic E-state index is 13.1. The van der Waals surface area contributed by atoms with Crippen LogP contribution in [-0.2, 0) is 10.6 Å². The van der Waals surface area contributed by atoms with E-state index in [1.54, 1.807) is 19.2 Å². The summed E-state index contributed by atoms with van der Waals surface area (Å²) < 4.78 is 18.1. The number of nitrogens with zero attached hydrogens (tertiary/aromatic N) is 3. The molecular weight excluding hydrogens is 315 g/mol. The fraction of sp³-hybridized carbons (Fsp3) is 0.188. The zero-order chi connectivity index (χ0) is 16.2. The highest BCUT2D eigenvalue weighted by atomic mass is 32.2. The first-order valence-electron chi connectivity index (χ1n) is 7.02. The summed E-state index contributed by atoms with van der Waals surface area (Å²) >= 11 is 1.35. The summed E-state index contributed by atoms with van der Waals surface area (Å²) in [6.07, 6.45) is 0.668. The minimum atomic E-state index is -0.275. The van der Waals surface area contributed by atoms with Gasteiger partial charge in [-0.3, -0.25) is 0 Å². The third kappa shape index (κ3) is 3.57. The van der Waals surface area contributed by atoms with E-state index in [1.165, 1.54) is 24.2 Å². The van der Waals surface area contributed by atoms with Gasteiger partial charge in [-0.15, -0.1) is 0 Å². The van der Waals surface area contributed by atoms with E-state index in [9.17, 15) is 4.39 Å². The van der Waals surface area contributed by atoms with Crippen molar-refractivity contribution in [3.63, 3.8) is 0 Å². The molecule has 0 saturated carbocycles. The Labute approximate surface area is 137 Å². The average Bonchev–Trinajstić information content (AvgIpc) is 2.55. The SMILES string of the molecule is COSCCc1nc(N)nc2ccc(-c3ccc(F)cc3)nc12. The molecule has 0 fully saturated rings. The Bertz CT molecular complexity index is 826. The van der Waals surface area contributed by atoms with Gasteiger partial charge >= 0.3 is 0 Å². The van der Waals surface area contributed by atoms with Crippen LogP contribution in [0.4, 0.5) is 10.3 Å². The molecule has 0 amide bonds. The molecule has 7 heteroatoms. The molecule has 2 heterocycles. The number of hydrogen-bond donors (Lipinski definition) is 1. The van der Waals surface area contributed by atoms with Crippen LogP contribution in [0, 0.1) is 5.82 Å². The molecular formula is C16H15FN4OS. The molecule has 2 N–H and O–H groups in total. The van der Waals surface area contributed by atoms with Crippen LogP contribution in [0.3, 0.4) is 0 Å². The number of halogens is 1. The number of nitrogen functional groups attached to an aromatic ring is 1. The van der Waals surface area contributed by atoms with Crippen LogP contribution in [-0.4, -0.2) is 27.8 Å². The van der Waals surface area contributed by atoms with Crippen molar-refractivity contribution in [2.45, 2.75) is 6.42 Å². The number of hydrogen-bond acceptors (Lipinski definition) is 6. The van der Waals surface area contributed by atoms with Crippen LogP contribution in [0.1, 0.15) is 5.69 Å². The number of anilines is 1. The van der Waals surface area contributed by atoms with Gasteiger partial charge in [-0.2, -0.15) is 0 Å². The quantitative estimate of drug-likeness (QED) is 0.572. The summed E-state index contributed by atoms with van der Waals surface area (Å²) in [4.78, 5) is 13.2. The molecule has 3 rings (SSSR count). The van der Waals surface area contributed by atoms with E-state index >= 15 is 0 Å². The first kappa shape index (κ1) is 15.6. The number of aryl methyl sites for hydroxylation is 1. The third-order valence-corrected chi connectivity index (χ3v) is 3.92. The van der Waals surface area contributed by atoms with Crippen LogP contribution >= 0.6 is 12.0 Å². The van der Waals surface area contributed by atoms with Crippen LogP contribution in [0.2, 0.25) is 0 Å². The van der Waals surface area contributed by atoms with Crippen molar-refractivity contribution >= 4 is 29.0 Å². The highest BCUT2D eigenvalue weighted by molar-refractivity contribution is 7.94. The Morgan fingerprint density at radius 3 is 2.61 bits per heavy atom. The zero-order valence-corrected chi connectivity index (χ0v) is 13.3. The monoisotopic (exact) mass is 330 g/mol. The second kappa shape index (κ2) is 6.89. The van der Waals surface area contributed by atoms with Gasteiger partial charge in [0, 0.05) is 17.7 Å². The molecule has 5 nitrogen and oxygen atoms in total. The van der Waals surface area contributed by atoms with Gasteiger partial charge < -0.3 is 9.92 Å². The molecule has 0 aliphatic carbocycles. The van der Waals surface area contributed by atoms with Crippen molar-refractivity contribution in [3.05, 3.63) is 47.9 Å². The molecule has 0 bridgehead atoms. The van der Waals surface area contributed by atoms with Crippen LogP contribution in [0.5, 0.6) is 0 Å². The topological polar surface area (TPSA) is 73.9 Å². The van der Waals surface area contributed by atoms with Gasteiger partial charge in [0.1, 0.15) is 11.3 Å². The van der Waals surface area contributed by atoms with Crippen molar-refractivity contribution in [2.75, 3.05) is 18.6 Å². The summed E-state index contributed by atoms with van der Waals surface area (Å²) in [6, 6.07) is 9.92. The predicted molar refractivity (Wildman–Crippen MR) is 90.3 cm³/mol. The van der Waals surface area contributed by atoms with Gasteiger partial charge in [0.05, 0.1) is 24.0 Å². The first-order valence-corrected chi connectivity index (χ1v) is 7.93. The lowest BCUT2D eigenvalue weighted by atomic mass is 10.1. The van der Waals surface area contributed by atoms with Gasteiger partial charge in [0.15, 0.2) is 0 Å². The molecule has 0 radical (unpaired) electrons. The number of pyridine rings is 1. The Morgan fingerprint density at radius 2 is 1.87 bits per heavy atom. The highest BCUT2D eigenvalue weighted by Crippen LogP contribution is 2.23. The largest absolute Gasteiger partial charge is 0.368 e. The molecule has 0 atom stereocenters. The molecule has 23 heavy (non-hydrogen) atoms. The number of rotatable bonds is 5. The van der Waals surface area contributed by atoms with E-state index in [1.807, 2.05) is 12.1 Å². The van der Waals surface area contributed by atoms with E-state index in [2.05, 4.69) is 15.0 Å². The van der Waals surface area contributed by atoms with Crippen LogP contribution in [0.15, 0.2) is 36.4 Å². The molecule has 2 aromatic heterocycles. The van der Waals surface area contributed by atoms with Gasteiger partial charge in [-0.1, -0.05) is 0 Å². The number of nitrogens with two attached hydrogens (primary N) is 1. The van der Waals surface area contributed by atoms with E-state index in [0.29, 0.717) is 17.5 Å². The van der Waals surface area contributed by atoms with Crippen molar-refractivity contribution in [1.29, 1.82) is 0 Å². The molecule has 0 aliphatic rings. The normalized spacial score (nSPS) is 11.0.